The number of rotatable bonds is 4. The van der Waals surface area contributed by atoms with Crippen molar-refractivity contribution in [1.82, 2.24) is 5.32 Å². The molecular weight excluding hydrogens is 282 g/mol. The van der Waals surface area contributed by atoms with E-state index >= 15 is 0 Å². The van der Waals surface area contributed by atoms with E-state index in [1.807, 2.05) is 44.2 Å². The highest BCUT2D eigenvalue weighted by molar-refractivity contribution is 6.30. The normalized spacial score (nSPS) is 11.2. The first kappa shape index (κ1) is 15.6. The van der Waals surface area contributed by atoms with Crippen molar-refractivity contribution in [3.8, 4) is 0 Å². The molecule has 2 rings (SSSR count). The van der Waals surface area contributed by atoms with Crippen LogP contribution in [0.4, 0.5) is 0 Å². The smallest absolute Gasteiger partial charge is 0.225 e. The van der Waals surface area contributed by atoms with Crippen LogP contribution in [0.1, 0.15) is 30.5 Å². The summed E-state index contributed by atoms with van der Waals surface area (Å²) in [6.07, 6.45) is 0.329. The fourth-order valence-electron chi connectivity index (χ4n) is 2.57. The zero-order chi connectivity index (χ0) is 15.5. The third-order valence-corrected chi connectivity index (χ3v) is 3.76. The molecule has 0 saturated carbocycles. The van der Waals surface area contributed by atoms with E-state index in [0.29, 0.717) is 11.4 Å². The van der Waals surface area contributed by atoms with Gasteiger partial charge in [0.25, 0.3) is 0 Å². The van der Waals surface area contributed by atoms with Crippen molar-refractivity contribution in [2.45, 2.75) is 32.7 Å². The van der Waals surface area contributed by atoms with Gasteiger partial charge in [0, 0.05) is 5.02 Å². The third-order valence-electron chi connectivity index (χ3n) is 3.52. The molecule has 0 fully saturated rings. The van der Waals surface area contributed by atoms with E-state index in [1.165, 1.54) is 5.56 Å². The average Bonchev–Trinajstić information content (AvgIpc) is 2.38. The number of benzene rings is 2. The second-order valence-electron chi connectivity index (χ2n) is 5.79. The molecule has 0 aromatic heterocycles. The van der Waals surface area contributed by atoms with Gasteiger partial charge in [-0.15, -0.1) is 0 Å². The summed E-state index contributed by atoms with van der Waals surface area (Å²) in [5, 5.41) is 3.75. The van der Waals surface area contributed by atoms with Crippen molar-refractivity contribution >= 4 is 17.5 Å². The quantitative estimate of drug-likeness (QED) is 0.899. The molecule has 0 unspecified atom stereocenters. The van der Waals surface area contributed by atoms with E-state index in [4.69, 9.17) is 11.6 Å². The standard InChI is InChI=1S/C18H20ClNO/c1-13-7-4-5-10-16(13)18(2,3)20-17(21)12-14-8-6-9-15(19)11-14/h4-11H,12H2,1-3H3,(H,20,21). The summed E-state index contributed by atoms with van der Waals surface area (Å²) < 4.78 is 0. The maximum Gasteiger partial charge on any atom is 0.225 e. The Balaban J connectivity index is 2.10. The lowest BCUT2D eigenvalue weighted by molar-refractivity contribution is -0.122. The summed E-state index contributed by atoms with van der Waals surface area (Å²) in [6.45, 7) is 6.09. The van der Waals surface area contributed by atoms with Crippen LogP contribution < -0.4 is 5.32 Å². The SMILES string of the molecule is Cc1ccccc1C(C)(C)NC(=O)Cc1cccc(Cl)c1. The molecule has 0 spiro atoms. The van der Waals surface area contributed by atoms with Crippen LogP contribution in [0.3, 0.4) is 0 Å². The molecule has 1 N–H and O–H groups in total. The van der Waals surface area contributed by atoms with E-state index in [1.54, 1.807) is 6.07 Å². The van der Waals surface area contributed by atoms with Crippen molar-refractivity contribution in [2.24, 2.45) is 0 Å². The predicted octanol–water partition coefficient (Wildman–Crippen LogP) is 4.24. The van der Waals surface area contributed by atoms with E-state index < -0.39 is 5.54 Å². The van der Waals surface area contributed by atoms with Crippen LogP contribution in [0.2, 0.25) is 5.02 Å². The topological polar surface area (TPSA) is 29.1 Å². The van der Waals surface area contributed by atoms with Gasteiger partial charge in [-0.05, 0) is 49.6 Å². The number of aryl methyl sites for hydroxylation is 1. The largest absolute Gasteiger partial charge is 0.347 e. The number of carbonyl (C=O) groups excluding carboxylic acids is 1. The summed E-state index contributed by atoms with van der Waals surface area (Å²) >= 11 is 5.95. The molecule has 3 heteroatoms. The summed E-state index contributed by atoms with van der Waals surface area (Å²) in [5.74, 6) is -0.00878. The summed E-state index contributed by atoms with van der Waals surface area (Å²) in [4.78, 5) is 12.3. The maximum atomic E-state index is 12.3. The van der Waals surface area contributed by atoms with Crippen molar-refractivity contribution in [3.05, 3.63) is 70.2 Å². The van der Waals surface area contributed by atoms with Crippen molar-refractivity contribution < 1.29 is 4.79 Å². The molecule has 0 aliphatic heterocycles. The molecule has 110 valence electrons. The van der Waals surface area contributed by atoms with Crippen LogP contribution in [0.15, 0.2) is 48.5 Å². The highest BCUT2D eigenvalue weighted by Crippen LogP contribution is 2.23. The summed E-state index contributed by atoms with van der Waals surface area (Å²) in [5.41, 5.74) is 2.82. The first-order valence-corrected chi connectivity index (χ1v) is 7.38. The van der Waals surface area contributed by atoms with Crippen LogP contribution in [-0.4, -0.2) is 5.91 Å². The number of nitrogens with one attached hydrogen (secondary N) is 1. The number of halogens is 1. The number of amides is 1. The minimum absolute atomic E-state index is 0.00878. The van der Waals surface area contributed by atoms with Gasteiger partial charge in [-0.3, -0.25) is 4.79 Å². The Morgan fingerprint density at radius 1 is 1.14 bits per heavy atom. The van der Waals surface area contributed by atoms with Gasteiger partial charge in [-0.1, -0.05) is 48.0 Å². The van der Waals surface area contributed by atoms with Crippen LogP contribution in [0.25, 0.3) is 0 Å². The Bertz CT molecular complexity index is 649. The Morgan fingerprint density at radius 3 is 2.52 bits per heavy atom. The van der Waals surface area contributed by atoms with Crippen LogP contribution in [0.5, 0.6) is 0 Å². The highest BCUT2D eigenvalue weighted by atomic mass is 35.5. The zero-order valence-electron chi connectivity index (χ0n) is 12.6. The molecule has 2 nitrogen and oxygen atoms in total. The minimum atomic E-state index is -0.402. The summed E-state index contributed by atoms with van der Waals surface area (Å²) in [6, 6.07) is 15.5. The predicted molar refractivity (Wildman–Crippen MR) is 87.5 cm³/mol. The van der Waals surface area contributed by atoms with Crippen LogP contribution in [0, 0.1) is 6.92 Å². The maximum absolute atomic E-state index is 12.3. The van der Waals surface area contributed by atoms with Gasteiger partial charge in [0.2, 0.25) is 5.91 Å². The molecule has 21 heavy (non-hydrogen) atoms. The molecular formula is C18H20ClNO. The first-order chi connectivity index (χ1) is 9.88. The molecule has 2 aromatic carbocycles. The van der Waals surface area contributed by atoms with Gasteiger partial charge in [0.15, 0.2) is 0 Å². The van der Waals surface area contributed by atoms with Gasteiger partial charge in [0.05, 0.1) is 12.0 Å². The zero-order valence-corrected chi connectivity index (χ0v) is 13.4. The first-order valence-electron chi connectivity index (χ1n) is 7.00. The molecule has 0 aliphatic rings. The fraction of sp³-hybridized carbons (Fsp3) is 0.278. The number of hydrogen-bond acceptors (Lipinski definition) is 1. The van der Waals surface area contributed by atoms with Gasteiger partial charge < -0.3 is 5.32 Å². The lowest BCUT2D eigenvalue weighted by Gasteiger charge is -2.28. The lowest BCUT2D eigenvalue weighted by Crippen LogP contribution is -2.42. The fourth-order valence-corrected chi connectivity index (χ4v) is 2.78. The van der Waals surface area contributed by atoms with Crippen molar-refractivity contribution in [2.75, 3.05) is 0 Å². The summed E-state index contributed by atoms with van der Waals surface area (Å²) in [7, 11) is 0. The molecule has 2 aromatic rings. The number of carbonyl (C=O) groups is 1. The van der Waals surface area contributed by atoms with E-state index in [0.717, 1.165) is 11.1 Å². The number of hydrogen-bond donors (Lipinski definition) is 1. The van der Waals surface area contributed by atoms with Gasteiger partial charge in [0.1, 0.15) is 0 Å². The Kier molecular flexibility index (Phi) is 4.69. The minimum Gasteiger partial charge on any atom is -0.347 e. The lowest BCUT2D eigenvalue weighted by atomic mass is 9.90. The second-order valence-corrected chi connectivity index (χ2v) is 6.23. The third kappa shape index (κ3) is 4.08. The van der Waals surface area contributed by atoms with Crippen LogP contribution in [-0.2, 0) is 16.8 Å². The van der Waals surface area contributed by atoms with Crippen molar-refractivity contribution in [1.29, 1.82) is 0 Å². The van der Waals surface area contributed by atoms with E-state index in [2.05, 4.69) is 24.4 Å². The monoisotopic (exact) mass is 301 g/mol. The Labute approximate surface area is 131 Å². The van der Waals surface area contributed by atoms with Gasteiger partial charge >= 0.3 is 0 Å². The highest BCUT2D eigenvalue weighted by Gasteiger charge is 2.24. The molecule has 0 bridgehead atoms. The molecule has 1 amide bonds. The molecule has 0 aliphatic carbocycles. The Morgan fingerprint density at radius 2 is 1.86 bits per heavy atom. The molecule has 0 saturated heterocycles. The molecule has 0 atom stereocenters. The van der Waals surface area contributed by atoms with Crippen molar-refractivity contribution in [3.63, 3.8) is 0 Å². The average molecular weight is 302 g/mol. The van der Waals surface area contributed by atoms with E-state index in [-0.39, 0.29) is 5.91 Å². The Hall–Kier alpha value is -1.80. The van der Waals surface area contributed by atoms with E-state index in [9.17, 15) is 4.79 Å². The molecule has 0 radical (unpaired) electrons. The second kappa shape index (κ2) is 6.31. The molecule has 0 heterocycles. The van der Waals surface area contributed by atoms with Gasteiger partial charge in [-0.2, -0.15) is 0 Å². The van der Waals surface area contributed by atoms with Crippen LogP contribution >= 0.6 is 11.6 Å². The van der Waals surface area contributed by atoms with Gasteiger partial charge in [-0.25, -0.2) is 0 Å².